The minimum atomic E-state index is -0.489. The van der Waals surface area contributed by atoms with Crippen LogP contribution in [0.4, 0.5) is 10.1 Å². The van der Waals surface area contributed by atoms with E-state index in [1.165, 1.54) is 35.4 Å². The van der Waals surface area contributed by atoms with E-state index in [9.17, 15) is 14.0 Å². The summed E-state index contributed by atoms with van der Waals surface area (Å²) in [5.41, 5.74) is 3.66. The summed E-state index contributed by atoms with van der Waals surface area (Å²) < 4.78 is 13.8. The molecule has 110 valence electrons. The van der Waals surface area contributed by atoms with Gasteiger partial charge in [-0.2, -0.15) is 0 Å². The number of carbonyl (C=O) groups excluding carboxylic acids is 2. The monoisotopic (exact) mass is 360 g/mol. The number of hydrogen-bond acceptors (Lipinski definition) is 2. The first-order valence-corrected chi connectivity index (χ1v) is 7.22. The Morgan fingerprint density at radius 1 is 1.00 bits per heavy atom. The molecule has 0 radical (unpaired) electrons. The Labute approximate surface area is 134 Å². The van der Waals surface area contributed by atoms with Gasteiger partial charge in [-0.15, -0.1) is 0 Å². The van der Waals surface area contributed by atoms with E-state index in [1.807, 2.05) is 0 Å². The van der Waals surface area contributed by atoms with Crippen LogP contribution in [0.2, 0.25) is 0 Å². The number of amides is 2. The summed E-state index contributed by atoms with van der Waals surface area (Å²) in [6.07, 6.45) is 1.44. The first kappa shape index (κ1) is 14.5. The van der Waals surface area contributed by atoms with Crippen molar-refractivity contribution in [2.75, 3.05) is 5.01 Å². The van der Waals surface area contributed by atoms with Crippen LogP contribution in [0.1, 0.15) is 5.56 Å². The van der Waals surface area contributed by atoms with Gasteiger partial charge in [0.2, 0.25) is 0 Å². The maximum atomic E-state index is 12.9. The summed E-state index contributed by atoms with van der Waals surface area (Å²) >= 11 is 3.31. The Balaban J connectivity index is 1.91. The van der Waals surface area contributed by atoms with Crippen molar-refractivity contribution >= 4 is 39.5 Å². The maximum Gasteiger partial charge on any atom is 0.282 e. The average molecular weight is 361 g/mol. The third kappa shape index (κ3) is 2.78. The molecule has 2 aromatic carbocycles. The van der Waals surface area contributed by atoms with Gasteiger partial charge in [-0.1, -0.05) is 28.1 Å². The van der Waals surface area contributed by atoms with Crippen molar-refractivity contribution in [1.29, 1.82) is 0 Å². The van der Waals surface area contributed by atoms with Crippen molar-refractivity contribution in [2.24, 2.45) is 0 Å². The smallest absolute Gasteiger partial charge is 0.267 e. The Kier molecular flexibility index (Phi) is 3.77. The van der Waals surface area contributed by atoms with Crippen LogP contribution in [0.15, 0.2) is 58.6 Å². The van der Waals surface area contributed by atoms with Crippen LogP contribution in [0.3, 0.4) is 0 Å². The molecule has 1 fully saturated rings. The quantitative estimate of drug-likeness (QED) is 0.660. The van der Waals surface area contributed by atoms with Crippen molar-refractivity contribution in [3.8, 4) is 0 Å². The maximum absolute atomic E-state index is 12.9. The number of carbonyl (C=O) groups is 2. The molecule has 1 heterocycles. The van der Waals surface area contributed by atoms with Crippen molar-refractivity contribution < 1.29 is 14.0 Å². The summed E-state index contributed by atoms with van der Waals surface area (Å²) in [4.78, 5) is 24.3. The second-order valence-corrected chi connectivity index (χ2v) is 5.58. The number of nitrogens with zero attached hydrogens (tertiary/aromatic N) is 1. The van der Waals surface area contributed by atoms with Gasteiger partial charge in [-0.25, -0.2) is 9.40 Å². The van der Waals surface area contributed by atoms with Gasteiger partial charge in [0.25, 0.3) is 11.8 Å². The molecule has 1 aliphatic heterocycles. The number of halogens is 2. The topological polar surface area (TPSA) is 49.4 Å². The number of nitrogens with one attached hydrogen (secondary N) is 1. The summed E-state index contributed by atoms with van der Waals surface area (Å²) in [6.45, 7) is 0. The number of rotatable bonds is 2. The van der Waals surface area contributed by atoms with Gasteiger partial charge in [-0.3, -0.25) is 15.0 Å². The van der Waals surface area contributed by atoms with Crippen molar-refractivity contribution in [1.82, 2.24) is 5.43 Å². The third-order valence-corrected chi connectivity index (χ3v) is 3.69. The summed E-state index contributed by atoms with van der Waals surface area (Å²) in [5.74, 6) is -1.31. The van der Waals surface area contributed by atoms with Crippen molar-refractivity contribution in [2.45, 2.75) is 0 Å². The van der Waals surface area contributed by atoms with E-state index in [0.29, 0.717) is 11.3 Å². The molecule has 6 heteroatoms. The Morgan fingerprint density at radius 3 is 2.27 bits per heavy atom. The Bertz CT molecular complexity index is 770. The highest BCUT2D eigenvalue weighted by atomic mass is 79.9. The molecule has 0 spiro atoms. The Hall–Kier alpha value is -2.47. The predicted octanol–water partition coefficient (Wildman–Crippen LogP) is 3.05. The molecule has 4 nitrogen and oxygen atoms in total. The largest absolute Gasteiger partial charge is 0.282 e. The van der Waals surface area contributed by atoms with Gasteiger partial charge in [0.15, 0.2) is 0 Å². The van der Waals surface area contributed by atoms with E-state index in [-0.39, 0.29) is 11.4 Å². The predicted molar refractivity (Wildman–Crippen MR) is 84.1 cm³/mol. The molecule has 0 unspecified atom stereocenters. The molecule has 2 amide bonds. The van der Waals surface area contributed by atoms with Gasteiger partial charge in [-0.05, 0) is 48.0 Å². The van der Waals surface area contributed by atoms with Crippen LogP contribution in [-0.2, 0) is 9.59 Å². The molecule has 1 N–H and O–H groups in total. The van der Waals surface area contributed by atoms with E-state index in [4.69, 9.17) is 0 Å². The van der Waals surface area contributed by atoms with E-state index < -0.39 is 11.8 Å². The minimum absolute atomic E-state index is 0.00882. The molecule has 1 saturated heterocycles. The summed E-state index contributed by atoms with van der Waals surface area (Å²) in [7, 11) is 0. The van der Waals surface area contributed by atoms with Crippen LogP contribution >= 0.6 is 15.9 Å². The second-order valence-electron chi connectivity index (χ2n) is 4.67. The highest BCUT2D eigenvalue weighted by Crippen LogP contribution is 2.23. The fraction of sp³-hybridized carbons (Fsp3) is 0. The van der Waals surface area contributed by atoms with Crippen LogP contribution in [0.25, 0.3) is 6.08 Å². The van der Waals surface area contributed by atoms with Crippen LogP contribution < -0.4 is 10.4 Å². The molecule has 1 aliphatic rings. The third-order valence-electron chi connectivity index (χ3n) is 3.16. The first-order chi connectivity index (χ1) is 10.5. The van der Waals surface area contributed by atoms with E-state index in [1.54, 1.807) is 24.3 Å². The van der Waals surface area contributed by atoms with Crippen molar-refractivity contribution in [3.63, 3.8) is 0 Å². The van der Waals surface area contributed by atoms with E-state index in [2.05, 4.69) is 21.4 Å². The number of benzene rings is 2. The standard InChI is InChI=1S/C16H10BrFN2O2/c17-11-3-7-13(8-4-11)20-16(22)14(15(21)19-20)9-10-1-5-12(18)6-2-10/h1-9H,(H,19,21)/b14-9-. The molecule has 0 aliphatic carbocycles. The zero-order valence-electron chi connectivity index (χ0n) is 11.2. The van der Waals surface area contributed by atoms with Crippen LogP contribution in [-0.4, -0.2) is 11.8 Å². The molecular weight excluding hydrogens is 351 g/mol. The number of hydrogen-bond donors (Lipinski definition) is 1. The van der Waals surface area contributed by atoms with Crippen molar-refractivity contribution in [3.05, 3.63) is 70.0 Å². The van der Waals surface area contributed by atoms with Crippen LogP contribution in [0.5, 0.6) is 0 Å². The fourth-order valence-electron chi connectivity index (χ4n) is 2.06. The van der Waals surface area contributed by atoms with Gasteiger partial charge >= 0.3 is 0 Å². The highest BCUT2D eigenvalue weighted by molar-refractivity contribution is 9.10. The average Bonchev–Trinajstić information content (AvgIpc) is 2.78. The van der Waals surface area contributed by atoms with Gasteiger partial charge in [0, 0.05) is 4.47 Å². The fourth-order valence-corrected chi connectivity index (χ4v) is 2.32. The lowest BCUT2D eigenvalue weighted by molar-refractivity contribution is -0.117. The normalized spacial score (nSPS) is 16.3. The Morgan fingerprint density at radius 2 is 1.64 bits per heavy atom. The van der Waals surface area contributed by atoms with Gasteiger partial charge < -0.3 is 0 Å². The van der Waals surface area contributed by atoms with E-state index >= 15 is 0 Å². The molecule has 3 rings (SSSR count). The zero-order chi connectivity index (χ0) is 15.7. The molecule has 0 saturated carbocycles. The zero-order valence-corrected chi connectivity index (χ0v) is 12.8. The molecule has 0 aromatic heterocycles. The highest BCUT2D eigenvalue weighted by Gasteiger charge is 2.34. The first-order valence-electron chi connectivity index (χ1n) is 6.43. The lowest BCUT2D eigenvalue weighted by Gasteiger charge is -2.14. The lowest BCUT2D eigenvalue weighted by atomic mass is 10.1. The molecule has 22 heavy (non-hydrogen) atoms. The molecule has 0 bridgehead atoms. The number of hydrazine groups is 1. The lowest BCUT2D eigenvalue weighted by Crippen LogP contribution is -2.35. The SMILES string of the molecule is O=C1NN(c2ccc(Br)cc2)C(=O)/C1=C\c1ccc(F)cc1. The number of anilines is 1. The molecule has 0 atom stereocenters. The van der Waals surface area contributed by atoms with E-state index in [0.717, 1.165) is 4.47 Å². The minimum Gasteiger partial charge on any atom is -0.267 e. The molecular formula is C16H10BrFN2O2. The summed E-state index contributed by atoms with van der Waals surface area (Å²) in [6, 6.07) is 12.5. The second kappa shape index (κ2) is 5.73. The van der Waals surface area contributed by atoms with Gasteiger partial charge in [0.05, 0.1) is 5.69 Å². The van der Waals surface area contributed by atoms with Crippen LogP contribution in [0, 0.1) is 5.82 Å². The summed E-state index contributed by atoms with van der Waals surface area (Å²) in [5, 5.41) is 1.18. The van der Waals surface area contributed by atoms with Gasteiger partial charge in [0.1, 0.15) is 11.4 Å². The molecule has 2 aromatic rings.